The highest BCUT2D eigenvalue weighted by molar-refractivity contribution is 7.13. The van der Waals surface area contributed by atoms with Gasteiger partial charge in [-0.05, 0) is 105 Å². The zero-order valence-corrected chi connectivity index (χ0v) is 25.8. The second-order valence-corrected chi connectivity index (χ2v) is 14.1. The number of carbonyl (C=O) groups excluding carboxylic acids is 1. The van der Waals surface area contributed by atoms with E-state index in [9.17, 15) is 14.7 Å². The molecule has 6 nitrogen and oxygen atoms in total. The number of aromatic carboxylic acids is 1. The number of likely N-dealkylation sites (tertiary alicyclic amines) is 1. The van der Waals surface area contributed by atoms with Crippen LogP contribution in [0.5, 0.6) is 0 Å². The van der Waals surface area contributed by atoms with Crippen molar-refractivity contribution in [3.63, 3.8) is 0 Å². The number of rotatable bonds is 8. The normalized spacial score (nSPS) is 25.3. The summed E-state index contributed by atoms with van der Waals surface area (Å²) in [5, 5.41) is 18.0. The van der Waals surface area contributed by atoms with Crippen molar-refractivity contribution in [3.8, 4) is 0 Å². The molecule has 1 saturated carbocycles. The van der Waals surface area contributed by atoms with Crippen LogP contribution < -0.4 is 10.6 Å². The Labute approximate surface area is 261 Å². The predicted octanol–water partition coefficient (Wildman–Crippen LogP) is 6.81. The molecule has 1 aromatic heterocycles. The van der Waals surface area contributed by atoms with E-state index in [-0.39, 0.29) is 23.9 Å². The van der Waals surface area contributed by atoms with E-state index in [0.29, 0.717) is 29.2 Å². The first kappa shape index (κ1) is 29.6. The highest BCUT2D eigenvalue weighted by Gasteiger charge is 2.43. The van der Waals surface area contributed by atoms with Crippen molar-refractivity contribution < 1.29 is 14.7 Å². The summed E-state index contributed by atoms with van der Waals surface area (Å²) in [5.74, 6) is 0.351. The summed E-state index contributed by atoms with van der Waals surface area (Å²) in [6.45, 7) is 2.71. The number of thiophene rings is 1. The summed E-state index contributed by atoms with van der Waals surface area (Å²) in [4.78, 5) is 27.9. The number of halogens is 2. The molecule has 0 bridgehead atoms. The Kier molecular flexibility index (Phi) is 9.22. The average molecular weight is 627 g/mol. The van der Waals surface area contributed by atoms with Crippen molar-refractivity contribution in [1.82, 2.24) is 15.5 Å². The first-order chi connectivity index (χ1) is 20.3. The summed E-state index contributed by atoms with van der Waals surface area (Å²) >= 11 is 13.9. The fourth-order valence-corrected chi connectivity index (χ4v) is 8.54. The Balaban J connectivity index is 1.13. The van der Waals surface area contributed by atoms with Gasteiger partial charge in [-0.2, -0.15) is 0 Å². The number of carboxylic acid groups (broad SMARTS) is 1. The molecule has 4 unspecified atom stereocenters. The first-order valence-electron chi connectivity index (χ1n) is 14.9. The molecule has 3 aliphatic rings. The fourth-order valence-electron chi connectivity index (χ4n) is 7.40. The smallest absolute Gasteiger partial charge is 0.345 e. The molecule has 3 aromatic rings. The minimum absolute atomic E-state index is 0.156. The molecule has 2 aliphatic heterocycles. The summed E-state index contributed by atoms with van der Waals surface area (Å²) in [7, 11) is 0. The number of hydrogen-bond donors (Lipinski definition) is 3. The molecule has 0 radical (unpaired) electrons. The Bertz CT molecular complexity index is 1340. The summed E-state index contributed by atoms with van der Waals surface area (Å²) < 4.78 is 0. The van der Waals surface area contributed by atoms with Crippen LogP contribution in [-0.2, 0) is 11.3 Å². The van der Waals surface area contributed by atoms with Crippen LogP contribution in [0.15, 0.2) is 60.7 Å². The quantitative estimate of drug-likeness (QED) is 0.256. The summed E-state index contributed by atoms with van der Waals surface area (Å²) in [5.41, 5.74) is 2.53. The third-order valence-electron chi connectivity index (χ3n) is 9.43. The van der Waals surface area contributed by atoms with Crippen LogP contribution in [-0.4, -0.2) is 53.1 Å². The largest absolute Gasteiger partial charge is 0.477 e. The number of nitrogens with one attached hydrogen (secondary N) is 2. The standard InChI is InChI=1S/C33H37Cl2N3O3S/c34-23-6-1-20(2-7-23)32(21-3-8-24(35)9-4-21)22-5-11-28-27(17-22)29(18-31(39)37-28)36-25-13-15-38(16-14-25)19-26-10-12-30(42-26)33(40)41/h1-4,6-10,12,22,25,27-29,32,36H,5,11,13-19H2,(H,37,39)(H,40,41). The fraction of sp³-hybridized carbons (Fsp3) is 0.455. The van der Waals surface area contributed by atoms with E-state index in [1.807, 2.05) is 30.3 Å². The zero-order chi connectivity index (χ0) is 29.2. The van der Waals surface area contributed by atoms with Crippen LogP contribution in [0.25, 0.3) is 0 Å². The molecular weight excluding hydrogens is 589 g/mol. The number of carboxylic acids is 1. The van der Waals surface area contributed by atoms with Crippen LogP contribution >= 0.6 is 34.5 Å². The van der Waals surface area contributed by atoms with Crippen LogP contribution in [0.1, 0.15) is 70.1 Å². The molecule has 3 fully saturated rings. The summed E-state index contributed by atoms with van der Waals surface area (Å²) in [6.07, 6.45) is 5.64. The lowest BCUT2D eigenvalue weighted by Gasteiger charge is -2.47. The average Bonchev–Trinajstić information content (AvgIpc) is 3.45. The molecular formula is C33H37Cl2N3O3S. The van der Waals surface area contributed by atoms with Crippen molar-refractivity contribution in [1.29, 1.82) is 0 Å². The van der Waals surface area contributed by atoms with Gasteiger partial charge in [0.15, 0.2) is 0 Å². The number of piperidine rings is 2. The van der Waals surface area contributed by atoms with E-state index >= 15 is 0 Å². The number of nitrogens with zero attached hydrogens (tertiary/aromatic N) is 1. The first-order valence-corrected chi connectivity index (χ1v) is 16.5. The highest BCUT2D eigenvalue weighted by atomic mass is 35.5. The van der Waals surface area contributed by atoms with Gasteiger partial charge in [0.2, 0.25) is 5.91 Å². The van der Waals surface area contributed by atoms with Gasteiger partial charge in [-0.1, -0.05) is 47.5 Å². The van der Waals surface area contributed by atoms with Gasteiger partial charge in [0.1, 0.15) is 4.88 Å². The maximum Gasteiger partial charge on any atom is 0.345 e. The van der Waals surface area contributed by atoms with Crippen molar-refractivity contribution in [2.75, 3.05) is 13.1 Å². The number of hydrogen-bond acceptors (Lipinski definition) is 5. The van der Waals surface area contributed by atoms with Crippen LogP contribution in [0, 0.1) is 11.8 Å². The van der Waals surface area contributed by atoms with E-state index in [1.54, 1.807) is 6.07 Å². The molecule has 222 valence electrons. The second-order valence-electron chi connectivity index (χ2n) is 12.1. The topological polar surface area (TPSA) is 81.7 Å². The lowest BCUT2D eigenvalue weighted by atomic mass is 9.65. The Morgan fingerprint density at radius 2 is 1.60 bits per heavy atom. The predicted molar refractivity (Wildman–Crippen MR) is 169 cm³/mol. The van der Waals surface area contributed by atoms with E-state index in [0.717, 1.165) is 66.7 Å². The summed E-state index contributed by atoms with van der Waals surface area (Å²) in [6, 6.07) is 20.9. The van der Waals surface area contributed by atoms with Crippen LogP contribution in [0.3, 0.4) is 0 Å². The third kappa shape index (κ3) is 6.87. The molecule has 1 amide bonds. The Hall–Kier alpha value is -2.42. The molecule has 0 spiro atoms. The molecule has 3 heterocycles. The monoisotopic (exact) mass is 625 g/mol. The lowest BCUT2D eigenvalue weighted by molar-refractivity contribution is -0.126. The van der Waals surface area contributed by atoms with Crippen molar-refractivity contribution >= 4 is 46.4 Å². The minimum Gasteiger partial charge on any atom is -0.477 e. The molecule has 6 rings (SSSR count). The van der Waals surface area contributed by atoms with Gasteiger partial charge in [0.25, 0.3) is 0 Å². The van der Waals surface area contributed by atoms with Gasteiger partial charge >= 0.3 is 5.97 Å². The highest BCUT2D eigenvalue weighted by Crippen LogP contribution is 2.45. The van der Waals surface area contributed by atoms with Gasteiger partial charge in [-0.25, -0.2) is 4.79 Å². The molecule has 42 heavy (non-hydrogen) atoms. The SMILES string of the molecule is O=C1CC(NC2CCN(Cc3ccc(C(=O)O)s3)CC2)C2CC(C(c3ccc(Cl)cc3)c3ccc(Cl)cc3)CCC2N1. The molecule has 4 atom stereocenters. The maximum atomic E-state index is 12.8. The Morgan fingerprint density at radius 1 is 0.952 bits per heavy atom. The molecule has 3 N–H and O–H groups in total. The molecule has 1 aliphatic carbocycles. The van der Waals surface area contributed by atoms with Gasteiger partial charge in [0.05, 0.1) is 0 Å². The minimum atomic E-state index is -0.860. The Morgan fingerprint density at radius 3 is 2.19 bits per heavy atom. The van der Waals surface area contributed by atoms with E-state index < -0.39 is 5.97 Å². The number of benzene rings is 2. The van der Waals surface area contributed by atoms with Crippen LogP contribution in [0.2, 0.25) is 10.0 Å². The van der Waals surface area contributed by atoms with Crippen molar-refractivity contribution in [2.45, 2.75) is 69.1 Å². The molecule has 2 aromatic carbocycles. The molecule has 2 saturated heterocycles. The number of fused-ring (bicyclic) bond motifs is 1. The van der Waals surface area contributed by atoms with Crippen molar-refractivity contribution in [2.24, 2.45) is 11.8 Å². The number of carbonyl (C=O) groups is 2. The van der Waals surface area contributed by atoms with Gasteiger partial charge in [-0.15, -0.1) is 11.3 Å². The van der Waals surface area contributed by atoms with Gasteiger partial charge in [-0.3, -0.25) is 9.69 Å². The third-order valence-corrected chi connectivity index (χ3v) is 11.0. The van der Waals surface area contributed by atoms with E-state index in [4.69, 9.17) is 23.2 Å². The van der Waals surface area contributed by atoms with E-state index in [1.165, 1.54) is 22.5 Å². The maximum absolute atomic E-state index is 12.8. The van der Waals surface area contributed by atoms with E-state index in [2.05, 4.69) is 39.8 Å². The van der Waals surface area contributed by atoms with Gasteiger partial charge in [0, 0.05) is 51.9 Å². The van der Waals surface area contributed by atoms with Crippen LogP contribution in [0.4, 0.5) is 0 Å². The second kappa shape index (κ2) is 13.1. The molecule has 9 heteroatoms. The van der Waals surface area contributed by atoms with Crippen molar-refractivity contribution in [3.05, 3.63) is 91.6 Å². The number of amides is 1. The van der Waals surface area contributed by atoms with Gasteiger partial charge < -0.3 is 15.7 Å². The lowest BCUT2D eigenvalue weighted by Crippen LogP contribution is -2.60. The zero-order valence-electron chi connectivity index (χ0n) is 23.5.